The van der Waals surface area contributed by atoms with Crippen LogP contribution < -0.4 is 15.4 Å². The summed E-state index contributed by atoms with van der Waals surface area (Å²) in [5.41, 5.74) is 1.14. The second kappa shape index (κ2) is 13.3. The van der Waals surface area contributed by atoms with Gasteiger partial charge in [-0.3, -0.25) is 0 Å². The van der Waals surface area contributed by atoms with Crippen molar-refractivity contribution < 1.29 is 14.2 Å². The number of nitrogens with one attached hydrogen (secondary N) is 2. The highest BCUT2D eigenvalue weighted by molar-refractivity contribution is 14.0. The summed E-state index contributed by atoms with van der Waals surface area (Å²) in [7, 11) is 3.80. The van der Waals surface area contributed by atoms with Crippen LogP contribution >= 0.6 is 24.0 Å². The van der Waals surface area contributed by atoms with Crippen molar-refractivity contribution in [3.05, 3.63) is 29.8 Å². The lowest BCUT2D eigenvalue weighted by Crippen LogP contribution is -2.47. The highest BCUT2D eigenvalue weighted by Gasteiger charge is 2.41. The van der Waals surface area contributed by atoms with Crippen molar-refractivity contribution in [3.8, 4) is 5.75 Å². The van der Waals surface area contributed by atoms with Crippen molar-refractivity contribution in [2.75, 3.05) is 47.0 Å². The van der Waals surface area contributed by atoms with Crippen molar-refractivity contribution in [1.82, 2.24) is 15.5 Å². The van der Waals surface area contributed by atoms with Gasteiger partial charge in [-0.05, 0) is 50.9 Å². The summed E-state index contributed by atoms with van der Waals surface area (Å²) in [5.74, 6) is 1.75. The molecular formula is C22H37IN4O3. The Kier molecular flexibility index (Phi) is 11.2. The molecule has 0 aromatic heterocycles. The lowest BCUT2D eigenvalue weighted by Gasteiger charge is -2.22. The fraction of sp³-hybridized carbons (Fsp3) is 0.682. The average molecular weight is 532 g/mol. The number of likely N-dealkylation sites (N-methyl/N-ethyl adjacent to an activating group) is 1. The first-order chi connectivity index (χ1) is 14.2. The van der Waals surface area contributed by atoms with E-state index >= 15 is 0 Å². The van der Waals surface area contributed by atoms with E-state index in [0.29, 0.717) is 31.4 Å². The predicted octanol–water partition coefficient (Wildman–Crippen LogP) is 2.64. The van der Waals surface area contributed by atoms with Gasteiger partial charge in [-0.15, -0.1) is 24.0 Å². The quantitative estimate of drug-likeness (QED) is 0.260. The molecule has 0 amide bonds. The minimum absolute atomic E-state index is 0. The number of fused-ring (bicyclic) bond motifs is 2. The summed E-state index contributed by atoms with van der Waals surface area (Å²) in [6.45, 7) is 6.71. The highest BCUT2D eigenvalue weighted by atomic mass is 127. The summed E-state index contributed by atoms with van der Waals surface area (Å²) in [6, 6.07) is 8.56. The molecule has 2 aliphatic heterocycles. The number of aliphatic imine (C=N–C) groups is 1. The molecule has 3 rings (SSSR count). The second-order valence-electron chi connectivity index (χ2n) is 7.85. The Hall–Kier alpha value is -1.10. The Labute approximate surface area is 197 Å². The highest BCUT2D eigenvalue weighted by Crippen LogP contribution is 2.34. The van der Waals surface area contributed by atoms with Crippen molar-refractivity contribution in [1.29, 1.82) is 0 Å². The molecule has 1 aromatic rings. The van der Waals surface area contributed by atoms with E-state index < -0.39 is 0 Å². The Balaban J connectivity index is 0.00000320. The molecular weight excluding hydrogens is 495 g/mol. The van der Waals surface area contributed by atoms with Gasteiger partial charge < -0.3 is 29.7 Å². The summed E-state index contributed by atoms with van der Waals surface area (Å²) in [6.07, 6.45) is 4.20. The SMILES string of the molecule is CCNC(=NCc1cccc(OCCN(C)CCOC)c1)NC1CC2CCC1O2.I. The van der Waals surface area contributed by atoms with Crippen LogP contribution in [0.15, 0.2) is 29.3 Å². The van der Waals surface area contributed by atoms with Crippen molar-refractivity contribution >= 4 is 29.9 Å². The van der Waals surface area contributed by atoms with Gasteiger partial charge >= 0.3 is 0 Å². The third-order valence-corrected chi connectivity index (χ3v) is 5.51. The van der Waals surface area contributed by atoms with Gasteiger partial charge in [0, 0.05) is 26.7 Å². The second-order valence-corrected chi connectivity index (χ2v) is 7.85. The van der Waals surface area contributed by atoms with Gasteiger partial charge in [0.25, 0.3) is 0 Å². The number of hydrogen-bond donors (Lipinski definition) is 2. The van der Waals surface area contributed by atoms with Gasteiger partial charge in [0.15, 0.2) is 5.96 Å². The first-order valence-corrected chi connectivity index (χ1v) is 10.8. The van der Waals surface area contributed by atoms with Crippen molar-refractivity contribution in [2.24, 2.45) is 4.99 Å². The van der Waals surface area contributed by atoms with E-state index in [1.807, 2.05) is 12.1 Å². The summed E-state index contributed by atoms with van der Waals surface area (Å²) in [5, 5.41) is 6.92. The Bertz CT molecular complexity index is 661. The number of rotatable bonds is 11. The molecule has 2 N–H and O–H groups in total. The van der Waals surface area contributed by atoms with Gasteiger partial charge in [0.2, 0.25) is 0 Å². The van der Waals surface area contributed by atoms with Gasteiger partial charge in [0.05, 0.1) is 31.4 Å². The molecule has 1 aromatic carbocycles. The first kappa shape index (κ1) is 25.2. The van der Waals surface area contributed by atoms with E-state index in [-0.39, 0.29) is 24.0 Å². The zero-order valence-corrected chi connectivity index (χ0v) is 20.8. The molecule has 8 heteroatoms. The fourth-order valence-corrected chi connectivity index (χ4v) is 3.87. The Morgan fingerprint density at radius 3 is 2.80 bits per heavy atom. The van der Waals surface area contributed by atoms with Gasteiger partial charge in [-0.25, -0.2) is 4.99 Å². The number of methoxy groups -OCH3 is 1. The molecule has 0 saturated carbocycles. The number of ether oxygens (including phenoxy) is 3. The molecule has 0 aliphatic carbocycles. The van der Waals surface area contributed by atoms with Crippen LogP contribution in [0.2, 0.25) is 0 Å². The number of halogens is 1. The van der Waals surface area contributed by atoms with Crippen LogP contribution in [-0.4, -0.2) is 76.1 Å². The van der Waals surface area contributed by atoms with Gasteiger partial charge in [-0.2, -0.15) is 0 Å². The smallest absolute Gasteiger partial charge is 0.191 e. The molecule has 30 heavy (non-hydrogen) atoms. The maximum atomic E-state index is 5.95. The molecule has 2 heterocycles. The Morgan fingerprint density at radius 1 is 1.27 bits per heavy atom. The number of nitrogens with zero attached hydrogens (tertiary/aromatic N) is 2. The molecule has 2 aliphatic rings. The first-order valence-electron chi connectivity index (χ1n) is 10.8. The Morgan fingerprint density at radius 2 is 2.10 bits per heavy atom. The predicted molar refractivity (Wildman–Crippen MR) is 131 cm³/mol. The molecule has 7 nitrogen and oxygen atoms in total. The zero-order chi connectivity index (χ0) is 20.5. The summed E-state index contributed by atoms with van der Waals surface area (Å²) in [4.78, 5) is 6.98. The van der Waals surface area contributed by atoms with E-state index in [1.165, 1.54) is 6.42 Å². The van der Waals surface area contributed by atoms with E-state index in [0.717, 1.165) is 56.4 Å². The molecule has 2 saturated heterocycles. The minimum Gasteiger partial charge on any atom is -0.492 e. The number of hydrogen-bond acceptors (Lipinski definition) is 5. The normalized spacial score (nSPS) is 22.8. The maximum absolute atomic E-state index is 5.95. The number of guanidine groups is 1. The van der Waals surface area contributed by atoms with Crippen LogP contribution in [0.4, 0.5) is 0 Å². The fourth-order valence-electron chi connectivity index (χ4n) is 3.87. The minimum atomic E-state index is 0. The molecule has 170 valence electrons. The van der Waals surface area contributed by atoms with E-state index in [1.54, 1.807) is 7.11 Å². The monoisotopic (exact) mass is 532 g/mol. The van der Waals surface area contributed by atoms with Crippen molar-refractivity contribution in [2.45, 2.75) is 51.0 Å². The number of benzene rings is 1. The van der Waals surface area contributed by atoms with Crippen molar-refractivity contribution in [3.63, 3.8) is 0 Å². The van der Waals surface area contributed by atoms with Gasteiger partial charge in [-0.1, -0.05) is 12.1 Å². The molecule has 0 spiro atoms. The van der Waals surface area contributed by atoms with Crippen LogP contribution in [0.3, 0.4) is 0 Å². The van der Waals surface area contributed by atoms with Crippen LogP contribution in [0.5, 0.6) is 5.75 Å². The van der Waals surface area contributed by atoms with Gasteiger partial charge in [0.1, 0.15) is 12.4 Å². The lowest BCUT2D eigenvalue weighted by molar-refractivity contribution is 0.0992. The van der Waals surface area contributed by atoms with Crippen LogP contribution in [0.25, 0.3) is 0 Å². The van der Waals surface area contributed by atoms with E-state index in [9.17, 15) is 0 Å². The largest absolute Gasteiger partial charge is 0.492 e. The summed E-state index contributed by atoms with van der Waals surface area (Å²) < 4.78 is 17.0. The average Bonchev–Trinajstić information content (AvgIpc) is 3.34. The van der Waals surface area contributed by atoms with Crippen LogP contribution in [0.1, 0.15) is 31.7 Å². The molecule has 2 fully saturated rings. The van der Waals surface area contributed by atoms with Crippen LogP contribution in [-0.2, 0) is 16.0 Å². The topological polar surface area (TPSA) is 67.4 Å². The molecule has 3 unspecified atom stereocenters. The maximum Gasteiger partial charge on any atom is 0.191 e. The third kappa shape index (κ3) is 7.86. The van der Waals surface area contributed by atoms with E-state index in [2.05, 4.69) is 41.6 Å². The standard InChI is InChI=1S/C22H36N4O3.HI/c1-4-23-22(25-20-15-19-8-9-21(20)29-19)24-16-17-6-5-7-18(14-17)28-13-11-26(2)10-12-27-3;/h5-7,14,19-21H,4,8-13,15-16H2,1-3H3,(H2,23,24,25);1H. The third-order valence-electron chi connectivity index (χ3n) is 5.51. The molecule has 2 bridgehead atoms. The lowest BCUT2D eigenvalue weighted by atomic mass is 9.96. The van der Waals surface area contributed by atoms with Crippen LogP contribution in [0, 0.1) is 0 Å². The zero-order valence-electron chi connectivity index (χ0n) is 18.4. The summed E-state index contributed by atoms with van der Waals surface area (Å²) >= 11 is 0. The molecule has 3 atom stereocenters. The van der Waals surface area contributed by atoms with E-state index in [4.69, 9.17) is 19.2 Å². The molecule has 0 radical (unpaired) electrons.